The first-order valence-corrected chi connectivity index (χ1v) is 8.03. The van der Waals surface area contributed by atoms with Crippen molar-refractivity contribution in [3.8, 4) is 0 Å². The molecular weight excluding hydrogens is 328 g/mol. The van der Waals surface area contributed by atoms with Crippen molar-refractivity contribution < 1.29 is 14.7 Å². The van der Waals surface area contributed by atoms with Crippen molar-refractivity contribution >= 4 is 57.6 Å². The van der Waals surface area contributed by atoms with Gasteiger partial charge in [-0.2, -0.15) is 0 Å². The molecule has 0 radical (unpaired) electrons. The number of carbonyl (C=O) groups is 2. The van der Waals surface area contributed by atoms with Gasteiger partial charge in [-0.05, 0) is 12.1 Å². The third-order valence-electron chi connectivity index (χ3n) is 3.07. The summed E-state index contributed by atoms with van der Waals surface area (Å²) in [6.45, 7) is -0.400. The first kappa shape index (κ1) is 14.4. The molecule has 1 saturated heterocycles. The highest BCUT2D eigenvalue weighted by Gasteiger charge is 2.38. The number of carboxylic acid groups (broad SMARTS) is 1. The quantitative estimate of drug-likeness (QED) is 0.656. The number of thioether (sulfide) groups is 2. The van der Waals surface area contributed by atoms with E-state index in [-0.39, 0.29) is 10.2 Å². The van der Waals surface area contributed by atoms with E-state index in [1.165, 1.54) is 11.8 Å². The number of nitrogens with zero attached hydrogens (tertiary/aromatic N) is 2. The number of amides is 1. The molecule has 0 spiro atoms. The topological polar surface area (TPSA) is 60.9 Å². The minimum Gasteiger partial charge on any atom is -0.480 e. The van der Waals surface area contributed by atoms with E-state index < -0.39 is 12.5 Å². The summed E-state index contributed by atoms with van der Waals surface area (Å²) >= 11 is 7.77. The molecular formula is C13H10N2O3S3. The molecule has 21 heavy (non-hydrogen) atoms. The second-order valence-corrected chi connectivity index (χ2v) is 7.09. The van der Waals surface area contributed by atoms with E-state index in [1.54, 1.807) is 0 Å². The Balaban J connectivity index is 1.97. The highest BCUT2D eigenvalue weighted by Crippen LogP contribution is 2.49. The van der Waals surface area contributed by atoms with Crippen LogP contribution in [-0.2, 0) is 9.59 Å². The number of thiocarbonyl (C=S) groups is 1. The minimum absolute atomic E-state index is 0.287. The maximum Gasteiger partial charge on any atom is 0.323 e. The summed E-state index contributed by atoms with van der Waals surface area (Å²) in [6, 6.07) is 7.85. The van der Waals surface area contributed by atoms with E-state index in [4.69, 9.17) is 17.3 Å². The van der Waals surface area contributed by atoms with Crippen LogP contribution < -0.4 is 4.90 Å². The highest BCUT2D eigenvalue weighted by molar-refractivity contribution is 8.27. The van der Waals surface area contributed by atoms with Crippen molar-refractivity contribution in [2.24, 2.45) is 0 Å². The molecule has 1 N–H and O–H groups in total. The number of anilines is 1. The second kappa shape index (κ2) is 5.36. The molecule has 0 aliphatic carbocycles. The van der Waals surface area contributed by atoms with Crippen molar-refractivity contribution in [3.63, 3.8) is 0 Å². The molecule has 1 fully saturated rings. The fourth-order valence-electron chi connectivity index (χ4n) is 2.10. The number of hydrogen-bond donors (Lipinski definition) is 1. The maximum atomic E-state index is 12.4. The number of para-hydroxylation sites is 1. The molecule has 0 saturated carbocycles. The van der Waals surface area contributed by atoms with Crippen LogP contribution in [0.2, 0.25) is 0 Å². The molecule has 2 aliphatic rings. The number of rotatable bonds is 2. The van der Waals surface area contributed by atoms with Gasteiger partial charge in [0.1, 0.15) is 15.8 Å². The molecule has 108 valence electrons. The van der Waals surface area contributed by atoms with E-state index >= 15 is 0 Å². The van der Waals surface area contributed by atoms with Gasteiger partial charge in [-0.1, -0.05) is 47.9 Å². The van der Waals surface area contributed by atoms with Crippen molar-refractivity contribution in [1.82, 2.24) is 4.90 Å². The lowest BCUT2D eigenvalue weighted by Crippen LogP contribution is -2.33. The summed E-state index contributed by atoms with van der Waals surface area (Å²) in [5.74, 6) is -1.41. The summed E-state index contributed by atoms with van der Waals surface area (Å²) in [6.07, 6.45) is 0. The average Bonchev–Trinajstić information content (AvgIpc) is 2.91. The molecule has 2 heterocycles. The fourth-order valence-corrected chi connectivity index (χ4v) is 4.68. The van der Waals surface area contributed by atoms with Gasteiger partial charge in [0.05, 0.1) is 10.7 Å². The monoisotopic (exact) mass is 338 g/mol. The molecule has 8 heteroatoms. The number of carbonyl (C=O) groups excluding carboxylic acids is 1. The lowest BCUT2D eigenvalue weighted by molar-refractivity contribution is -0.140. The number of benzene rings is 1. The van der Waals surface area contributed by atoms with Gasteiger partial charge < -0.3 is 10.0 Å². The van der Waals surface area contributed by atoms with Crippen LogP contribution in [-0.4, -0.2) is 39.8 Å². The molecule has 5 nitrogen and oxygen atoms in total. The predicted molar refractivity (Wildman–Crippen MR) is 87.3 cm³/mol. The lowest BCUT2D eigenvalue weighted by Gasteiger charge is -2.15. The Morgan fingerprint density at radius 2 is 2.05 bits per heavy atom. The molecule has 0 unspecified atom stereocenters. The first-order chi connectivity index (χ1) is 9.99. The smallest absolute Gasteiger partial charge is 0.323 e. The summed E-state index contributed by atoms with van der Waals surface area (Å²) in [5.41, 5.74) is 1.03. The van der Waals surface area contributed by atoms with E-state index in [2.05, 4.69) is 0 Å². The highest BCUT2D eigenvalue weighted by atomic mass is 32.2. The van der Waals surface area contributed by atoms with Gasteiger partial charge in [-0.25, -0.2) is 0 Å². The van der Waals surface area contributed by atoms with Gasteiger partial charge in [0.15, 0.2) is 0 Å². The van der Waals surface area contributed by atoms with E-state index in [1.807, 2.05) is 36.2 Å². The van der Waals surface area contributed by atoms with Crippen LogP contribution in [0.5, 0.6) is 0 Å². The van der Waals surface area contributed by atoms with Crippen LogP contribution in [0, 0.1) is 0 Å². The zero-order chi connectivity index (χ0) is 15.1. The lowest BCUT2D eigenvalue weighted by atomic mass is 10.3. The molecule has 3 rings (SSSR count). The number of hydrogen-bond acceptors (Lipinski definition) is 6. The Morgan fingerprint density at radius 3 is 2.71 bits per heavy atom. The van der Waals surface area contributed by atoms with E-state index in [9.17, 15) is 9.59 Å². The number of fused-ring (bicyclic) bond motifs is 1. The van der Waals surface area contributed by atoms with Crippen molar-refractivity contribution in [1.29, 1.82) is 0 Å². The van der Waals surface area contributed by atoms with Gasteiger partial charge in [-0.3, -0.25) is 14.5 Å². The van der Waals surface area contributed by atoms with Gasteiger partial charge >= 0.3 is 5.97 Å². The van der Waals surface area contributed by atoms with Gasteiger partial charge in [0, 0.05) is 11.9 Å². The molecule has 1 aromatic rings. The van der Waals surface area contributed by atoms with Crippen LogP contribution >= 0.6 is 35.7 Å². The largest absolute Gasteiger partial charge is 0.480 e. The summed E-state index contributed by atoms with van der Waals surface area (Å²) in [5, 5.41) is 9.65. The molecule has 1 aromatic carbocycles. The third kappa shape index (κ3) is 2.43. The van der Waals surface area contributed by atoms with Crippen LogP contribution in [0.4, 0.5) is 5.69 Å². The van der Waals surface area contributed by atoms with E-state index in [0.717, 1.165) is 32.3 Å². The Morgan fingerprint density at radius 1 is 1.33 bits per heavy atom. The summed E-state index contributed by atoms with van der Waals surface area (Å²) < 4.78 is 0.287. The number of aliphatic carboxylic acids is 1. The summed E-state index contributed by atoms with van der Waals surface area (Å²) in [7, 11) is 1.89. The van der Waals surface area contributed by atoms with Crippen LogP contribution in [0.15, 0.2) is 39.1 Å². The standard InChI is InChI=1S/C13H10N2O3S3/c1-14-7-4-2-3-5-8(7)20-12(14)10-11(18)15(6-9(16)17)13(19)21-10/h2-5H,6H2,1H3,(H,16,17). The van der Waals surface area contributed by atoms with Crippen molar-refractivity contribution in [2.75, 3.05) is 18.5 Å². The van der Waals surface area contributed by atoms with Gasteiger partial charge in [0.2, 0.25) is 0 Å². The first-order valence-electron chi connectivity index (χ1n) is 5.99. The Kier molecular flexibility index (Phi) is 3.68. The Bertz CT molecular complexity index is 702. The Labute approximate surface area is 135 Å². The van der Waals surface area contributed by atoms with Crippen LogP contribution in [0.25, 0.3) is 0 Å². The third-order valence-corrected chi connectivity index (χ3v) is 5.88. The molecule has 0 aromatic heterocycles. The average molecular weight is 338 g/mol. The van der Waals surface area contributed by atoms with Gasteiger partial charge in [-0.15, -0.1) is 0 Å². The zero-order valence-corrected chi connectivity index (χ0v) is 13.3. The molecule has 0 bridgehead atoms. The van der Waals surface area contributed by atoms with E-state index in [0.29, 0.717) is 4.91 Å². The van der Waals surface area contributed by atoms with Gasteiger partial charge in [0.25, 0.3) is 5.91 Å². The van der Waals surface area contributed by atoms with Crippen LogP contribution in [0.3, 0.4) is 0 Å². The zero-order valence-electron chi connectivity index (χ0n) is 10.9. The minimum atomic E-state index is -1.08. The van der Waals surface area contributed by atoms with Crippen molar-refractivity contribution in [2.45, 2.75) is 4.90 Å². The summed E-state index contributed by atoms with van der Waals surface area (Å²) in [4.78, 5) is 27.8. The normalized spacial score (nSPS) is 21.2. The maximum absolute atomic E-state index is 12.4. The number of carboxylic acids is 1. The predicted octanol–water partition coefficient (Wildman–Crippen LogP) is 2.34. The fraction of sp³-hybridized carbons (Fsp3) is 0.154. The molecule has 1 amide bonds. The van der Waals surface area contributed by atoms with Crippen LogP contribution in [0.1, 0.15) is 0 Å². The van der Waals surface area contributed by atoms with Crippen molar-refractivity contribution in [3.05, 3.63) is 34.2 Å². The second-order valence-electron chi connectivity index (χ2n) is 4.42. The Hall–Kier alpha value is -1.51. The molecule has 0 atom stereocenters. The molecule has 2 aliphatic heterocycles. The SMILES string of the molecule is CN1C(=C2SC(=S)N(CC(=O)O)C2=O)Sc2ccccc21.